The van der Waals surface area contributed by atoms with E-state index in [-0.39, 0.29) is 0 Å². The molecule has 0 fully saturated rings. The minimum absolute atomic E-state index is 0.398. The van der Waals surface area contributed by atoms with E-state index in [1.54, 1.807) is 24.3 Å². The minimum Gasteiger partial charge on any atom is -0.482 e. The van der Waals surface area contributed by atoms with Crippen LogP contribution >= 0.6 is 15.9 Å². The highest BCUT2D eigenvalue weighted by Gasteiger charge is 1.98. The Morgan fingerprint density at radius 1 is 1.46 bits per heavy atom. The molecule has 0 aliphatic rings. The van der Waals surface area contributed by atoms with Gasteiger partial charge in [-0.3, -0.25) is 0 Å². The Morgan fingerprint density at radius 3 is 2.54 bits per heavy atom. The van der Waals surface area contributed by atoms with Crippen molar-refractivity contribution >= 4 is 21.6 Å². The summed E-state index contributed by atoms with van der Waals surface area (Å²) in [5.41, 5.74) is 2.85. The SMILES string of the molecule is O=[N+]([O-])Nc1ccc(OCBr)cc1. The number of hydrazine groups is 1. The number of halogens is 1. The van der Waals surface area contributed by atoms with Crippen LogP contribution in [0, 0.1) is 10.1 Å². The Morgan fingerprint density at radius 2 is 2.08 bits per heavy atom. The van der Waals surface area contributed by atoms with E-state index in [0.29, 0.717) is 17.0 Å². The number of hydrogen-bond donors (Lipinski definition) is 1. The predicted octanol–water partition coefficient (Wildman–Crippen LogP) is 2.02. The molecule has 1 aromatic carbocycles. The molecule has 5 nitrogen and oxygen atoms in total. The molecular formula is C7H7BrN2O3. The van der Waals surface area contributed by atoms with E-state index < -0.39 is 5.03 Å². The Labute approximate surface area is 83.0 Å². The number of nitrogens with one attached hydrogen (secondary N) is 1. The van der Waals surface area contributed by atoms with E-state index in [1.165, 1.54) is 0 Å². The van der Waals surface area contributed by atoms with E-state index in [1.807, 2.05) is 5.43 Å². The number of ether oxygens (including phenoxy) is 1. The van der Waals surface area contributed by atoms with Crippen molar-refractivity contribution in [3.63, 3.8) is 0 Å². The first-order valence-corrected chi connectivity index (χ1v) is 4.54. The van der Waals surface area contributed by atoms with Gasteiger partial charge in [0.1, 0.15) is 17.0 Å². The highest BCUT2D eigenvalue weighted by atomic mass is 79.9. The Bertz CT molecular complexity index is 288. The molecule has 13 heavy (non-hydrogen) atoms. The van der Waals surface area contributed by atoms with Crippen LogP contribution < -0.4 is 10.2 Å². The average Bonchev–Trinajstić information content (AvgIpc) is 2.08. The third kappa shape index (κ3) is 3.29. The van der Waals surface area contributed by atoms with Gasteiger partial charge < -0.3 is 4.74 Å². The summed E-state index contributed by atoms with van der Waals surface area (Å²) in [5, 5.41) is 9.42. The lowest BCUT2D eigenvalue weighted by Gasteiger charge is -2.01. The summed E-state index contributed by atoms with van der Waals surface area (Å²) in [5.74, 6) is 0.658. The first-order chi connectivity index (χ1) is 6.22. The molecule has 0 bridgehead atoms. The monoisotopic (exact) mass is 246 g/mol. The summed E-state index contributed by atoms with van der Waals surface area (Å²) in [6, 6.07) is 6.43. The van der Waals surface area contributed by atoms with Gasteiger partial charge >= 0.3 is 0 Å². The summed E-state index contributed by atoms with van der Waals surface area (Å²) in [7, 11) is 0. The number of nitrogens with zero attached hydrogens (tertiary/aromatic N) is 1. The van der Waals surface area contributed by atoms with Crippen LogP contribution in [0.2, 0.25) is 0 Å². The van der Waals surface area contributed by atoms with Gasteiger partial charge in [0.2, 0.25) is 0 Å². The average molecular weight is 247 g/mol. The molecule has 1 rings (SSSR count). The molecule has 0 spiro atoms. The van der Waals surface area contributed by atoms with Crippen LogP contribution in [-0.2, 0) is 0 Å². The van der Waals surface area contributed by atoms with Gasteiger partial charge in [-0.2, -0.15) is 0 Å². The number of alkyl halides is 1. The maximum atomic E-state index is 10.0. The fourth-order valence-corrected chi connectivity index (χ4v) is 1.06. The largest absolute Gasteiger partial charge is 0.482 e. The van der Waals surface area contributed by atoms with E-state index in [9.17, 15) is 10.1 Å². The lowest BCUT2D eigenvalue weighted by Crippen LogP contribution is -2.07. The molecule has 6 heteroatoms. The Kier molecular flexibility index (Phi) is 3.51. The molecule has 0 radical (unpaired) electrons. The molecule has 0 aliphatic heterocycles. The first kappa shape index (κ1) is 9.79. The molecule has 0 unspecified atom stereocenters. The molecule has 0 amide bonds. The highest BCUT2D eigenvalue weighted by Crippen LogP contribution is 2.15. The van der Waals surface area contributed by atoms with Crippen molar-refractivity contribution < 1.29 is 9.77 Å². The number of rotatable bonds is 4. The number of hydrogen-bond acceptors (Lipinski definition) is 3. The molecule has 0 aromatic heterocycles. The zero-order chi connectivity index (χ0) is 9.68. The zero-order valence-corrected chi connectivity index (χ0v) is 8.15. The van der Waals surface area contributed by atoms with Crippen LogP contribution in [0.3, 0.4) is 0 Å². The molecule has 0 aliphatic carbocycles. The van der Waals surface area contributed by atoms with E-state index in [2.05, 4.69) is 15.9 Å². The lowest BCUT2D eigenvalue weighted by molar-refractivity contribution is -0.445. The summed E-state index contributed by atoms with van der Waals surface area (Å²) in [6.07, 6.45) is 0. The fraction of sp³-hybridized carbons (Fsp3) is 0.143. The molecule has 0 saturated carbocycles. The predicted molar refractivity (Wildman–Crippen MR) is 51.5 cm³/mol. The maximum Gasteiger partial charge on any atom is 0.162 e. The van der Waals surface area contributed by atoms with Gasteiger partial charge in [-0.05, 0) is 40.2 Å². The standard InChI is InChI=1S/C7H7BrN2O3/c8-5-13-7-3-1-6(2-4-7)9-10(11)12/h1-4,9H,5H2. The van der Waals surface area contributed by atoms with Gasteiger partial charge in [0.15, 0.2) is 5.03 Å². The van der Waals surface area contributed by atoms with Gasteiger partial charge in [-0.25, -0.2) is 10.1 Å². The second-order valence-corrected chi connectivity index (χ2v) is 2.60. The van der Waals surface area contributed by atoms with Gasteiger partial charge in [0.05, 0.1) is 0 Å². The Hall–Kier alpha value is -1.30. The fourth-order valence-electron chi connectivity index (χ4n) is 0.794. The molecular weight excluding hydrogens is 240 g/mol. The van der Waals surface area contributed by atoms with Crippen molar-refractivity contribution in [3.8, 4) is 5.75 Å². The molecule has 1 N–H and O–H groups in total. The lowest BCUT2D eigenvalue weighted by atomic mass is 10.3. The van der Waals surface area contributed by atoms with Crippen molar-refractivity contribution in [1.29, 1.82) is 0 Å². The van der Waals surface area contributed by atoms with E-state index >= 15 is 0 Å². The van der Waals surface area contributed by atoms with E-state index in [4.69, 9.17) is 4.74 Å². The molecule has 0 saturated heterocycles. The second-order valence-electron chi connectivity index (χ2n) is 2.15. The van der Waals surface area contributed by atoms with E-state index in [0.717, 1.165) is 0 Å². The van der Waals surface area contributed by atoms with Crippen molar-refractivity contribution in [3.05, 3.63) is 34.4 Å². The molecule has 1 aromatic rings. The van der Waals surface area contributed by atoms with Crippen LogP contribution in [0.1, 0.15) is 0 Å². The summed E-state index contributed by atoms with van der Waals surface area (Å²) in [4.78, 5) is 10.0. The number of anilines is 1. The minimum atomic E-state index is -0.611. The van der Waals surface area contributed by atoms with Gasteiger partial charge in [-0.15, -0.1) is 5.43 Å². The summed E-state index contributed by atoms with van der Waals surface area (Å²) >= 11 is 3.10. The van der Waals surface area contributed by atoms with Crippen LogP contribution in [-0.4, -0.2) is 10.5 Å². The molecule has 70 valence electrons. The van der Waals surface area contributed by atoms with Crippen LogP contribution in [0.15, 0.2) is 24.3 Å². The summed E-state index contributed by atoms with van der Waals surface area (Å²) < 4.78 is 5.08. The normalized spacial score (nSPS) is 9.31. The quantitative estimate of drug-likeness (QED) is 0.502. The number of benzene rings is 1. The van der Waals surface area contributed by atoms with Crippen LogP contribution in [0.25, 0.3) is 0 Å². The van der Waals surface area contributed by atoms with Crippen molar-refractivity contribution in [2.24, 2.45) is 0 Å². The van der Waals surface area contributed by atoms with Crippen molar-refractivity contribution in [1.82, 2.24) is 0 Å². The van der Waals surface area contributed by atoms with Gasteiger partial charge in [-0.1, -0.05) is 0 Å². The Balaban J connectivity index is 2.64. The third-order valence-electron chi connectivity index (χ3n) is 1.30. The third-order valence-corrected chi connectivity index (χ3v) is 1.52. The zero-order valence-electron chi connectivity index (χ0n) is 6.57. The van der Waals surface area contributed by atoms with Crippen LogP contribution in [0.5, 0.6) is 5.75 Å². The van der Waals surface area contributed by atoms with Crippen LogP contribution in [0.4, 0.5) is 5.69 Å². The topological polar surface area (TPSA) is 64.4 Å². The van der Waals surface area contributed by atoms with Crippen molar-refractivity contribution in [2.75, 3.05) is 10.9 Å². The smallest absolute Gasteiger partial charge is 0.162 e. The first-order valence-electron chi connectivity index (χ1n) is 3.42. The summed E-state index contributed by atoms with van der Waals surface area (Å²) in [6.45, 7) is 0. The molecule has 0 heterocycles. The van der Waals surface area contributed by atoms with Gasteiger partial charge in [0.25, 0.3) is 0 Å². The second kappa shape index (κ2) is 4.66. The molecule has 0 atom stereocenters. The number of nitro groups is 1. The maximum absolute atomic E-state index is 10.0. The highest BCUT2D eigenvalue weighted by molar-refractivity contribution is 9.09. The van der Waals surface area contributed by atoms with Crippen molar-refractivity contribution in [2.45, 2.75) is 0 Å². The van der Waals surface area contributed by atoms with Gasteiger partial charge in [0, 0.05) is 0 Å².